The highest BCUT2D eigenvalue weighted by atomic mass is 16.5. The van der Waals surface area contributed by atoms with Crippen LogP contribution in [0.5, 0.6) is 5.75 Å². The zero-order valence-corrected chi connectivity index (χ0v) is 16.0. The molecular formula is C24H22N2O2. The largest absolute Gasteiger partial charge is 0.489 e. The van der Waals surface area contributed by atoms with E-state index in [2.05, 4.69) is 35.6 Å². The first-order chi connectivity index (χ1) is 13.5. The minimum atomic E-state index is -0.367. The molecule has 140 valence electrons. The van der Waals surface area contributed by atoms with E-state index in [1.807, 2.05) is 56.3 Å². The molecule has 0 aliphatic heterocycles. The first-order valence-corrected chi connectivity index (χ1v) is 9.18. The molecule has 0 atom stereocenters. The molecule has 0 unspecified atom stereocenters. The maximum atomic E-state index is 12.0. The highest BCUT2D eigenvalue weighted by Crippen LogP contribution is 2.19. The van der Waals surface area contributed by atoms with Gasteiger partial charge in [0, 0.05) is 6.04 Å². The summed E-state index contributed by atoms with van der Waals surface area (Å²) in [4.78, 5) is 12.0. The number of rotatable bonds is 6. The fourth-order valence-corrected chi connectivity index (χ4v) is 2.81. The lowest BCUT2D eigenvalue weighted by atomic mass is 10.1. The van der Waals surface area contributed by atoms with Crippen molar-refractivity contribution in [1.29, 1.82) is 5.26 Å². The molecule has 1 N–H and O–H groups in total. The van der Waals surface area contributed by atoms with Crippen molar-refractivity contribution in [3.63, 3.8) is 0 Å². The summed E-state index contributed by atoms with van der Waals surface area (Å²) in [7, 11) is 0. The van der Waals surface area contributed by atoms with Gasteiger partial charge in [0.2, 0.25) is 0 Å². The van der Waals surface area contributed by atoms with Gasteiger partial charge in [0.15, 0.2) is 0 Å². The highest BCUT2D eigenvalue weighted by Gasteiger charge is 2.09. The fraction of sp³-hybridized carbons (Fsp3) is 0.167. The van der Waals surface area contributed by atoms with Gasteiger partial charge in [-0.3, -0.25) is 4.79 Å². The molecule has 4 heteroatoms. The van der Waals surface area contributed by atoms with Gasteiger partial charge in [-0.2, -0.15) is 5.26 Å². The van der Waals surface area contributed by atoms with Crippen molar-refractivity contribution in [2.45, 2.75) is 26.5 Å². The van der Waals surface area contributed by atoms with Crippen molar-refractivity contribution < 1.29 is 9.53 Å². The van der Waals surface area contributed by atoms with E-state index in [1.165, 1.54) is 10.8 Å². The van der Waals surface area contributed by atoms with E-state index in [0.29, 0.717) is 6.61 Å². The van der Waals surface area contributed by atoms with Crippen LogP contribution in [0.2, 0.25) is 0 Å². The van der Waals surface area contributed by atoms with Gasteiger partial charge in [-0.1, -0.05) is 48.5 Å². The average Bonchev–Trinajstić information content (AvgIpc) is 2.70. The van der Waals surface area contributed by atoms with Gasteiger partial charge in [0.05, 0.1) is 0 Å². The van der Waals surface area contributed by atoms with Crippen molar-refractivity contribution in [2.24, 2.45) is 0 Å². The molecule has 0 saturated heterocycles. The van der Waals surface area contributed by atoms with Gasteiger partial charge < -0.3 is 10.1 Å². The molecule has 0 aliphatic carbocycles. The van der Waals surface area contributed by atoms with Gasteiger partial charge >= 0.3 is 0 Å². The Hall–Kier alpha value is -3.58. The van der Waals surface area contributed by atoms with Gasteiger partial charge in [-0.15, -0.1) is 0 Å². The highest BCUT2D eigenvalue weighted by molar-refractivity contribution is 6.01. The van der Waals surface area contributed by atoms with Crippen LogP contribution in [0.15, 0.2) is 72.3 Å². The number of nitrogens with one attached hydrogen (secondary N) is 1. The topological polar surface area (TPSA) is 62.1 Å². The third kappa shape index (κ3) is 4.99. The molecule has 3 aromatic rings. The lowest BCUT2D eigenvalue weighted by Gasteiger charge is -2.08. The van der Waals surface area contributed by atoms with Crippen LogP contribution in [0.4, 0.5) is 0 Å². The summed E-state index contributed by atoms with van der Waals surface area (Å²) < 4.78 is 5.86. The Morgan fingerprint density at radius 3 is 2.46 bits per heavy atom. The molecule has 3 rings (SSSR count). The Bertz CT molecular complexity index is 1040. The quantitative estimate of drug-likeness (QED) is 0.498. The lowest BCUT2D eigenvalue weighted by Crippen LogP contribution is -2.30. The average molecular weight is 370 g/mol. The number of nitrogens with zero attached hydrogens (tertiary/aromatic N) is 1. The number of carbonyl (C=O) groups excluding carboxylic acids is 1. The van der Waals surface area contributed by atoms with Crippen LogP contribution in [0.1, 0.15) is 25.0 Å². The first-order valence-electron chi connectivity index (χ1n) is 9.18. The number of hydrogen-bond acceptors (Lipinski definition) is 3. The van der Waals surface area contributed by atoms with Crippen LogP contribution in [-0.2, 0) is 11.4 Å². The van der Waals surface area contributed by atoms with Crippen molar-refractivity contribution >= 4 is 22.8 Å². The van der Waals surface area contributed by atoms with E-state index in [1.54, 1.807) is 6.08 Å². The Balaban J connectivity index is 1.66. The monoisotopic (exact) mass is 370 g/mol. The number of nitriles is 1. The van der Waals surface area contributed by atoms with Crippen LogP contribution < -0.4 is 10.1 Å². The first kappa shape index (κ1) is 19.2. The summed E-state index contributed by atoms with van der Waals surface area (Å²) in [5, 5.41) is 14.3. The number of benzene rings is 3. The molecule has 0 heterocycles. The predicted molar refractivity (Wildman–Crippen MR) is 112 cm³/mol. The maximum Gasteiger partial charge on any atom is 0.262 e. The van der Waals surface area contributed by atoms with Gasteiger partial charge in [-0.05, 0) is 60.0 Å². The lowest BCUT2D eigenvalue weighted by molar-refractivity contribution is -0.117. The molecular weight excluding hydrogens is 348 g/mol. The summed E-state index contributed by atoms with van der Waals surface area (Å²) in [5.41, 5.74) is 1.95. The minimum Gasteiger partial charge on any atom is -0.489 e. The van der Waals surface area contributed by atoms with Crippen molar-refractivity contribution in [2.75, 3.05) is 0 Å². The second-order valence-electron chi connectivity index (χ2n) is 6.84. The molecule has 0 fully saturated rings. The van der Waals surface area contributed by atoms with Gasteiger partial charge in [-0.25, -0.2) is 0 Å². The number of hydrogen-bond donors (Lipinski definition) is 1. The molecule has 1 amide bonds. The van der Waals surface area contributed by atoms with E-state index >= 15 is 0 Å². The summed E-state index contributed by atoms with van der Waals surface area (Å²) in [5.74, 6) is 0.365. The SMILES string of the molecule is CC(C)NC(=O)C(C#N)=Cc1ccc(OCc2ccc3ccccc3c2)cc1. The van der Waals surface area contributed by atoms with E-state index in [-0.39, 0.29) is 17.5 Å². The molecule has 28 heavy (non-hydrogen) atoms. The third-order valence-corrected chi connectivity index (χ3v) is 4.20. The molecule has 0 aromatic heterocycles. The molecule has 3 aromatic carbocycles. The number of fused-ring (bicyclic) bond motifs is 1. The minimum absolute atomic E-state index is 0.0184. The van der Waals surface area contributed by atoms with Gasteiger partial charge in [0.25, 0.3) is 5.91 Å². The maximum absolute atomic E-state index is 12.0. The Labute approximate surface area is 165 Å². The Kier molecular flexibility index (Phi) is 6.08. The smallest absolute Gasteiger partial charge is 0.262 e. The fourth-order valence-electron chi connectivity index (χ4n) is 2.81. The van der Waals surface area contributed by atoms with Crippen LogP contribution in [-0.4, -0.2) is 11.9 Å². The molecule has 0 saturated carbocycles. The predicted octanol–water partition coefficient (Wildman–Crippen LogP) is 4.85. The Morgan fingerprint density at radius 2 is 1.79 bits per heavy atom. The number of ether oxygens (including phenoxy) is 1. The molecule has 0 spiro atoms. The number of carbonyl (C=O) groups is 1. The third-order valence-electron chi connectivity index (χ3n) is 4.20. The Morgan fingerprint density at radius 1 is 1.07 bits per heavy atom. The molecule has 4 nitrogen and oxygen atoms in total. The summed E-state index contributed by atoms with van der Waals surface area (Å²) >= 11 is 0. The van der Waals surface area contributed by atoms with E-state index < -0.39 is 0 Å². The zero-order valence-electron chi connectivity index (χ0n) is 16.0. The summed E-state index contributed by atoms with van der Waals surface area (Å²) in [6, 6.07) is 23.8. The summed E-state index contributed by atoms with van der Waals surface area (Å²) in [6.45, 7) is 4.18. The second-order valence-corrected chi connectivity index (χ2v) is 6.84. The second kappa shape index (κ2) is 8.88. The molecule has 0 aliphatic rings. The number of amides is 1. The van der Waals surface area contributed by atoms with E-state index in [0.717, 1.165) is 16.9 Å². The van der Waals surface area contributed by atoms with E-state index in [9.17, 15) is 10.1 Å². The molecule has 0 radical (unpaired) electrons. The van der Waals surface area contributed by atoms with E-state index in [4.69, 9.17) is 4.74 Å². The molecule has 0 bridgehead atoms. The van der Waals surface area contributed by atoms with Crippen LogP contribution in [0.25, 0.3) is 16.8 Å². The van der Waals surface area contributed by atoms with Crippen molar-refractivity contribution in [3.05, 3.63) is 83.4 Å². The summed E-state index contributed by atoms with van der Waals surface area (Å²) in [6.07, 6.45) is 1.57. The van der Waals surface area contributed by atoms with Crippen LogP contribution in [0, 0.1) is 11.3 Å². The van der Waals surface area contributed by atoms with Crippen molar-refractivity contribution in [3.8, 4) is 11.8 Å². The van der Waals surface area contributed by atoms with Crippen molar-refractivity contribution in [1.82, 2.24) is 5.32 Å². The van der Waals surface area contributed by atoms with Crippen LogP contribution in [0.3, 0.4) is 0 Å². The van der Waals surface area contributed by atoms with Gasteiger partial charge in [0.1, 0.15) is 24.0 Å². The van der Waals surface area contributed by atoms with Crippen LogP contribution >= 0.6 is 0 Å². The zero-order chi connectivity index (χ0) is 19.9. The normalized spacial score (nSPS) is 11.3. The standard InChI is InChI=1S/C24H22N2O2/c1-17(2)26-24(27)22(15-25)13-18-8-11-23(12-9-18)28-16-19-7-10-20-5-3-4-6-21(20)14-19/h3-14,17H,16H2,1-2H3,(H,26,27).